The van der Waals surface area contributed by atoms with Gasteiger partial charge in [0, 0.05) is 47.8 Å². The number of ether oxygens (including phenoxy) is 1. The van der Waals surface area contributed by atoms with E-state index in [1.165, 1.54) is 5.56 Å². The number of methoxy groups -OCH3 is 1. The molecule has 0 radical (unpaired) electrons. The van der Waals surface area contributed by atoms with Crippen LogP contribution in [0.4, 0.5) is 10.5 Å². The zero-order valence-electron chi connectivity index (χ0n) is 16.9. The minimum Gasteiger partial charge on any atom is -0.497 e. The summed E-state index contributed by atoms with van der Waals surface area (Å²) in [5.74, 6) is 0.936. The van der Waals surface area contributed by atoms with Crippen molar-refractivity contribution in [3.8, 4) is 5.75 Å². The van der Waals surface area contributed by atoms with Crippen LogP contribution >= 0.6 is 15.9 Å². The molecule has 6 nitrogen and oxygen atoms in total. The number of carbonyl (C=O) groups excluding carboxylic acids is 1. The van der Waals surface area contributed by atoms with E-state index in [1.54, 1.807) is 7.11 Å². The molecule has 0 aromatic heterocycles. The van der Waals surface area contributed by atoms with Gasteiger partial charge in [-0.1, -0.05) is 40.2 Å². The van der Waals surface area contributed by atoms with E-state index in [4.69, 9.17) is 4.74 Å². The van der Waals surface area contributed by atoms with Crippen LogP contribution in [0.25, 0.3) is 0 Å². The first-order valence-corrected chi connectivity index (χ1v) is 10.9. The highest BCUT2D eigenvalue weighted by molar-refractivity contribution is 9.10. The van der Waals surface area contributed by atoms with Gasteiger partial charge in [-0.3, -0.25) is 4.90 Å². The number of amides is 2. The molecule has 4 rings (SSSR count). The van der Waals surface area contributed by atoms with Crippen LogP contribution in [0.2, 0.25) is 0 Å². The Balaban J connectivity index is 1.51. The van der Waals surface area contributed by atoms with Crippen LogP contribution in [0.1, 0.15) is 11.5 Å². The van der Waals surface area contributed by atoms with E-state index in [-0.39, 0.29) is 30.6 Å². The van der Waals surface area contributed by atoms with E-state index < -0.39 is 0 Å². The molecular weight excluding hydrogens is 446 g/mol. The number of rotatable bonds is 4. The average molecular weight is 472 g/mol. The van der Waals surface area contributed by atoms with Crippen LogP contribution in [0.3, 0.4) is 0 Å². The molecule has 2 amide bonds. The maximum atomic E-state index is 13.0. The minimum absolute atomic E-state index is 0.0606. The topological polar surface area (TPSA) is 65.0 Å². The molecule has 30 heavy (non-hydrogen) atoms. The lowest BCUT2D eigenvalue weighted by molar-refractivity contribution is -0.0443. The quantitative estimate of drug-likeness (QED) is 0.667. The fourth-order valence-electron chi connectivity index (χ4n) is 4.39. The summed E-state index contributed by atoms with van der Waals surface area (Å²) in [6.07, 6.45) is 4.10. The molecule has 0 spiro atoms. The molecule has 0 bridgehead atoms. The smallest absolute Gasteiger partial charge is 0.322 e. The van der Waals surface area contributed by atoms with Crippen LogP contribution in [0, 0.1) is 0 Å². The first-order chi connectivity index (χ1) is 14.6. The molecule has 0 aliphatic carbocycles. The Kier molecular flexibility index (Phi) is 6.41. The lowest BCUT2D eigenvalue weighted by atomic mass is 9.74. The lowest BCUT2D eigenvalue weighted by Gasteiger charge is -2.56. The monoisotopic (exact) mass is 471 g/mol. The van der Waals surface area contributed by atoms with Gasteiger partial charge in [0.2, 0.25) is 0 Å². The highest BCUT2D eigenvalue weighted by atomic mass is 79.9. The molecular formula is C23H26BrN3O3. The van der Waals surface area contributed by atoms with Gasteiger partial charge in [0.1, 0.15) is 5.75 Å². The van der Waals surface area contributed by atoms with Crippen molar-refractivity contribution in [1.29, 1.82) is 0 Å². The van der Waals surface area contributed by atoms with E-state index in [0.717, 1.165) is 22.5 Å². The molecule has 2 heterocycles. The second kappa shape index (κ2) is 9.20. The molecule has 3 atom stereocenters. The minimum atomic E-state index is -0.131. The molecule has 158 valence electrons. The van der Waals surface area contributed by atoms with E-state index in [1.807, 2.05) is 47.4 Å². The van der Waals surface area contributed by atoms with Gasteiger partial charge in [-0.25, -0.2) is 4.79 Å². The second-order valence-electron chi connectivity index (χ2n) is 7.63. The van der Waals surface area contributed by atoms with Crippen LogP contribution in [-0.4, -0.2) is 66.4 Å². The Morgan fingerprint density at radius 1 is 1.13 bits per heavy atom. The lowest BCUT2D eigenvalue weighted by Crippen LogP contribution is -2.67. The van der Waals surface area contributed by atoms with Crippen molar-refractivity contribution < 1.29 is 14.6 Å². The molecule has 1 fully saturated rings. The molecule has 7 heteroatoms. The normalized spacial score (nSPS) is 24.8. The van der Waals surface area contributed by atoms with Crippen LogP contribution in [0.5, 0.6) is 5.75 Å². The summed E-state index contributed by atoms with van der Waals surface area (Å²) in [7, 11) is 1.62. The van der Waals surface area contributed by atoms with E-state index >= 15 is 0 Å². The number of carbonyl (C=O) groups is 1. The van der Waals surface area contributed by atoms with Crippen LogP contribution in [-0.2, 0) is 0 Å². The van der Waals surface area contributed by atoms with Crippen molar-refractivity contribution >= 4 is 27.6 Å². The summed E-state index contributed by atoms with van der Waals surface area (Å²) < 4.78 is 6.21. The average Bonchev–Trinajstić information content (AvgIpc) is 2.74. The predicted molar refractivity (Wildman–Crippen MR) is 121 cm³/mol. The fraction of sp³-hybridized carbons (Fsp3) is 0.348. The summed E-state index contributed by atoms with van der Waals surface area (Å²) >= 11 is 3.49. The first-order valence-electron chi connectivity index (χ1n) is 10.1. The number of hydrogen-bond donors (Lipinski definition) is 2. The van der Waals surface area contributed by atoms with Crippen LogP contribution < -0.4 is 10.1 Å². The van der Waals surface area contributed by atoms with E-state index in [9.17, 15) is 9.90 Å². The molecule has 1 saturated heterocycles. The van der Waals surface area contributed by atoms with Crippen molar-refractivity contribution in [2.24, 2.45) is 0 Å². The fourth-order valence-corrected chi connectivity index (χ4v) is 4.66. The summed E-state index contributed by atoms with van der Waals surface area (Å²) in [4.78, 5) is 17.1. The first kappa shape index (κ1) is 20.9. The Bertz CT molecular complexity index is 901. The number of urea groups is 1. The summed E-state index contributed by atoms with van der Waals surface area (Å²) in [6.45, 7) is 2.05. The number of fused-ring (bicyclic) bond motifs is 1. The maximum absolute atomic E-state index is 13.0. The molecule has 2 aromatic rings. The number of anilines is 1. The number of aliphatic hydroxyl groups excluding tert-OH is 1. The number of nitrogens with zero attached hydrogens (tertiary/aromatic N) is 2. The van der Waals surface area contributed by atoms with Gasteiger partial charge in [-0.2, -0.15) is 0 Å². The molecule has 2 unspecified atom stereocenters. The second-order valence-corrected chi connectivity index (χ2v) is 8.54. The zero-order valence-corrected chi connectivity index (χ0v) is 18.5. The summed E-state index contributed by atoms with van der Waals surface area (Å²) in [5.41, 5.74) is 1.92. The van der Waals surface area contributed by atoms with Gasteiger partial charge < -0.3 is 20.1 Å². The van der Waals surface area contributed by atoms with Gasteiger partial charge >= 0.3 is 6.03 Å². The highest BCUT2D eigenvalue weighted by Crippen LogP contribution is 2.41. The van der Waals surface area contributed by atoms with Crippen molar-refractivity contribution in [2.75, 3.05) is 38.7 Å². The van der Waals surface area contributed by atoms with Crippen molar-refractivity contribution in [1.82, 2.24) is 9.80 Å². The number of halogens is 1. The molecule has 2 N–H and O–H groups in total. The van der Waals surface area contributed by atoms with Crippen molar-refractivity contribution in [2.45, 2.75) is 18.0 Å². The Morgan fingerprint density at radius 2 is 1.83 bits per heavy atom. The SMILES string of the molecule is COc1ccc(NC(=O)N2C/C=C\CN3C(C2)C(c2ccc(Br)cc2)[C@H]3CO)cc1. The number of hydrogen-bond acceptors (Lipinski definition) is 4. The van der Waals surface area contributed by atoms with E-state index in [0.29, 0.717) is 13.1 Å². The van der Waals surface area contributed by atoms with Gasteiger partial charge in [0.05, 0.1) is 13.7 Å². The maximum Gasteiger partial charge on any atom is 0.322 e. The summed E-state index contributed by atoms with van der Waals surface area (Å²) in [5, 5.41) is 13.0. The van der Waals surface area contributed by atoms with Gasteiger partial charge in [-0.15, -0.1) is 0 Å². The van der Waals surface area contributed by atoms with Gasteiger partial charge in [0.25, 0.3) is 0 Å². The third-order valence-electron chi connectivity index (χ3n) is 5.97. The number of nitrogens with one attached hydrogen (secondary N) is 1. The summed E-state index contributed by atoms with van der Waals surface area (Å²) in [6, 6.07) is 15.7. The molecule has 0 saturated carbocycles. The molecule has 2 aliphatic rings. The predicted octanol–water partition coefficient (Wildman–Crippen LogP) is 3.69. The third kappa shape index (κ3) is 4.24. The van der Waals surface area contributed by atoms with Crippen molar-refractivity contribution in [3.63, 3.8) is 0 Å². The molecule has 2 aromatic carbocycles. The third-order valence-corrected chi connectivity index (χ3v) is 6.50. The van der Waals surface area contributed by atoms with Gasteiger partial charge in [-0.05, 0) is 42.0 Å². The molecule has 2 aliphatic heterocycles. The standard InChI is InChI=1S/C23H26BrN3O3/c1-30-19-10-8-18(9-11-19)25-23(29)26-12-2-3-13-27-20(14-26)22(21(27)15-28)16-4-6-17(24)7-5-16/h2-11,20-22,28H,12-15H2,1H3,(H,25,29)/b3-2-/t20?,21-,22?/m1/s1. The van der Waals surface area contributed by atoms with Crippen molar-refractivity contribution in [3.05, 3.63) is 70.7 Å². The Morgan fingerprint density at radius 3 is 2.50 bits per heavy atom. The van der Waals surface area contributed by atoms with Gasteiger partial charge in [0.15, 0.2) is 0 Å². The zero-order chi connectivity index (χ0) is 21.1. The Hall–Kier alpha value is -2.35. The number of benzene rings is 2. The number of aliphatic hydroxyl groups is 1. The largest absolute Gasteiger partial charge is 0.497 e. The highest BCUT2D eigenvalue weighted by Gasteiger charge is 2.49. The Labute approximate surface area is 185 Å². The van der Waals surface area contributed by atoms with Crippen LogP contribution in [0.15, 0.2) is 65.2 Å². The van der Waals surface area contributed by atoms with E-state index in [2.05, 4.69) is 44.4 Å².